The van der Waals surface area contributed by atoms with Gasteiger partial charge >= 0.3 is 0 Å². The smallest absolute Gasteiger partial charge is 0.263 e. The molecule has 5 nitrogen and oxygen atoms in total. The lowest BCUT2D eigenvalue weighted by Gasteiger charge is -2.19. The highest BCUT2D eigenvalue weighted by Gasteiger charge is 2.24. The van der Waals surface area contributed by atoms with Crippen LogP contribution < -0.4 is 4.72 Å². The maximum atomic E-state index is 12.8. The molecular formula is C19H22Cl2N2O3S. The Morgan fingerprint density at radius 3 is 2.15 bits per heavy atom. The Labute approximate surface area is 170 Å². The molecule has 0 aliphatic heterocycles. The van der Waals surface area contributed by atoms with Crippen molar-refractivity contribution in [1.82, 2.24) is 4.90 Å². The number of nitrogens with zero attached hydrogens (tertiary/aromatic N) is 1. The molecule has 0 aromatic heterocycles. The van der Waals surface area contributed by atoms with Gasteiger partial charge in [-0.05, 0) is 69.2 Å². The minimum Gasteiger partial charge on any atom is -0.339 e. The number of carbonyl (C=O) groups is 1. The first-order valence-electron chi connectivity index (χ1n) is 8.49. The molecule has 0 aliphatic rings. The van der Waals surface area contributed by atoms with Crippen LogP contribution >= 0.6 is 23.2 Å². The second-order valence-electron chi connectivity index (χ2n) is 6.10. The summed E-state index contributed by atoms with van der Waals surface area (Å²) in [6.07, 6.45) is 0. The van der Waals surface area contributed by atoms with Crippen LogP contribution in [-0.2, 0) is 10.0 Å². The molecule has 0 fully saturated rings. The van der Waals surface area contributed by atoms with Crippen LogP contribution in [0.25, 0.3) is 0 Å². The largest absolute Gasteiger partial charge is 0.339 e. The molecule has 1 amide bonds. The van der Waals surface area contributed by atoms with Crippen LogP contribution in [-0.4, -0.2) is 32.3 Å². The van der Waals surface area contributed by atoms with Crippen molar-refractivity contribution in [2.24, 2.45) is 0 Å². The van der Waals surface area contributed by atoms with Crippen LogP contribution in [0.15, 0.2) is 35.2 Å². The van der Waals surface area contributed by atoms with E-state index in [9.17, 15) is 13.2 Å². The summed E-state index contributed by atoms with van der Waals surface area (Å²) in [6.45, 7) is 8.32. The van der Waals surface area contributed by atoms with Gasteiger partial charge in [-0.1, -0.05) is 23.2 Å². The van der Waals surface area contributed by atoms with Crippen LogP contribution in [0.1, 0.15) is 35.3 Å². The van der Waals surface area contributed by atoms with Gasteiger partial charge in [-0.25, -0.2) is 8.42 Å². The van der Waals surface area contributed by atoms with Gasteiger partial charge in [-0.15, -0.1) is 0 Å². The molecule has 2 aromatic rings. The molecular weight excluding hydrogens is 407 g/mol. The molecule has 0 unspecified atom stereocenters. The van der Waals surface area contributed by atoms with Gasteiger partial charge < -0.3 is 4.90 Å². The van der Waals surface area contributed by atoms with Crippen LogP contribution in [0, 0.1) is 13.8 Å². The summed E-state index contributed by atoms with van der Waals surface area (Å²) in [6, 6.07) is 7.92. The lowest BCUT2D eigenvalue weighted by atomic mass is 10.2. The third-order valence-corrected chi connectivity index (χ3v) is 6.83. The molecule has 2 rings (SSSR count). The zero-order valence-electron chi connectivity index (χ0n) is 15.6. The van der Waals surface area contributed by atoms with E-state index in [-0.39, 0.29) is 15.8 Å². The number of halogens is 2. The topological polar surface area (TPSA) is 66.5 Å². The summed E-state index contributed by atoms with van der Waals surface area (Å²) < 4.78 is 28.2. The van der Waals surface area contributed by atoms with Crippen molar-refractivity contribution < 1.29 is 13.2 Å². The van der Waals surface area contributed by atoms with E-state index in [0.717, 1.165) is 0 Å². The van der Waals surface area contributed by atoms with E-state index in [2.05, 4.69) is 4.72 Å². The monoisotopic (exact) mass is 428 g/mol. The quantitative estimate of drug-likeness (QED) is 0.711. The second kappa shape index (κ2) is 8.50. The lowest BCUT2D eigenvalue weighted by molar-refractivity contribution is 0.0773. The Morgan fingerprint density at radius 2 is 1.63 bits per heavy atom. The van der Waals surface area contributed by atoms with Gasteiger partial charge in [0.15, 0.2) is 0 Å². The van der Waals surface area contributed by atoms with Crippen molar-refractivity contribution in [3.05, 3.63) is 57.1 Å². The maximum absolute atomic E-state index is 12.8. The predicted octanol–water partition coefficient (Wildman–Crippen LogP) is 4.89. The van der Waals surface area contributed by atoms with Gasteiger partial charge in [-0.2, -0.15) is 0 Å². The standard InChI is InChI=1S/C19H22Cl2N2O3S/c1-5-23(6-2)19(24)14-7-9-15(10-8-14)22-27(25,26)18-13(4)16(20)11-12(3)17(18)21/h7-11,22H,5-6H2,1-4H3. The number of sulfonamides is 1. The van der Waals surface area contributed by atoms with E-state index in [1.54, 1.807) is 49.1 Å². The van der Waals surface area contributed by atoms with Gasteiger partial charge in [-0.3, -0.25) is 9.52 Å². The van der Waals surface area contributed by atoms with E-state index in [0.29, 0.717) is 40.5 Å². The first-order chi connectivity index (χ1) is 12.6. The molecule has 0 saturated heterocycles. The molecule has 0 spiro atoms. The third kappa shape index (κ3) is 4.57. The summed E-state index contributed by atoms with van der Waals surface area (Å²) in [5.41, 5.74) is 1.79. The van der Waals surface area contributed by atoms with Gasteiger partial charge in [0.2, 0.25) is 0 Å². The zero-order chi connectivity index (χ0) is 20.4. The maximum Gasteiger partial charge on any atom is 0.263 e. The van der Waals surface area contributed by atoms with E-state index in [1.165, 1.54) is 0 Å². The Hall–Kier alpha value is -1.76. The van der Waals surface area contributed by atoms with Crippen molar-refractivity contribution in [1.29, 1.82) is 0 Å². The van der Waals surface area contributed by atoms with E-state index < -0.39 is 10.0 Å². The number of nitrogens with one attached hydrogen (secondary N) is 1. The van der Waals surface area contributed by atoms with E-state index >= 15 is 0 Å². The van der Waals surface area contributed by atoms with Crippen molar-refractivity contribution in [2.75, 3.05) is 17.8 Å². The number of hydrogen-bond acceptors (Lipinski definition) is 3. The van der Waals surface area contributed by atoms with Gasteiger partial charge in [0.25, 0.3) is 15.9 Å². The Bertz CT molecular complexity index is 928. The molecule has 2 aromatic carbocycles. The van der Waals surface area contributed by atoms with Crippen LogP contribution in [0.3, 0.4) is 0 Å². The van der Waals surface area contributed by atoms with Crippen LogP contribution in [0.4, 0.5) is 5.69 Å². The van der Waals surface area contributed by atoms with Crippen molar-refractivity contribution >= 4 is 44.8 Å². The summed E-state index contributed by atoms with van der Waals surface area (Å²) >= 11 is 12.3. The molecule has 0 bridgehead atoms. The molecule has 8 heteroatoms. The summed E-state index contributed by atoms with van der Waals surface area (Å²) in [5.74, 6) is -0.0984. The molecule has 0 heterocycles. The molecule has 0 atom stereocenters. The van der Waals surface area contributed by atoms with E-state index in [1.807, 2.05) is 13.8 Å². The second-order valence-corrected chi connectivity index (χ2v) is 8.51. The molecule has 146 valence electrons. The number of carbonyl (C=O) groups excluding carboxylic acids is 1. The highest BCUT2D eigenvalue weighted by molar-refractivity contribution is 7.93. The van der Waals surface area contributed by atoms with Crippen molar-refractivity contribution in [3.8, 4) is 0 Å². The fraction of sp³-hybridized carbons (Fsp3) is 0.316. The number of benzene rings is 2. The number of anilines is 1. The molecule has 1 N–H and O–H groups in total. The number of rotatable bonds is 6. The fourth-order valence-electron chi connectivity index (χ4n) is 2.71. The minimum atomic E-state index is -3.94. The molecule has 0 saturated carbocycles. The molecule has 0 radical (unpaired) electrons. The van der Waals surface area contributed by atoms with Crippen molar-refractivity contribution in [2.45, 2.75) is 32.6 Å². The average Bonchev–Trinajstić information content (AvgIpc) is 2.61. The number of hydrogen-bond donors (Lipinski definition) is 1. The zero-order valence-corrected chi connectivity index (χ0v) is 18.0. The highest BCUT2D eigenvalue weighted by Crippen LogP contribution is 2.34. The van der Waals surface area contributed by atoms with Gasteiger partial charge in [0, 0.05) is 29.4 Å². The number of amides is 1. The SMILES string of the molecule is CCN(CC)C(=O)c1ccc(NS(=O)(=O)c2c(C)c(Cl)cc(C)c2Cl)cc1. The Kier molecular flexibility index (Phi) is 6.78. The Morgan fingerprint density at radius 1 is 1.07 bits per heavy atom. The highest BCUT2D eigenvalue weighted by atomic mass is 35.5. The number of aryl methyl sites for hydroxylation is 1. The van der Waals surface area contributed by atoms with Gasteiger partial charge in [0.1, 0.15) is 4.90 Å². The minimum absolute atomic E-state index is 0.0440. The van der Waals surface area contributed by atoms with Crippen LogP contribution in [0.2, 0.25) is 10.0 Å². The molecule has 0 aliphatic carbocycles. The van der Waals surface area contributed by atoms with Crippen LogP contribution in [0.5, 0.6) is 0 Å². The summed E-state index contributed by atoms with van der Waals surface area (Å²) in [4.78, 5) is 14.0. The molecule has 27 heavy (non-hydrogen) atoms. The predicted molar refractivity (Wildman–Crippen MR) is 110 cm³/mol. The third-order valence-electron chi connectivity index (χ3n) is 4.29. The first kappa shape index (κ1) is 21.5. The van der Waals surface area contributed by atoms with E-state index in [4.69, 9.17) is 23.2 Å². The van der Waals surface area contributed by atoms with Crippen molar-refractivity contribution in [3.63, 3.8) is 0 Å². The normalized spacial score (nSPS) is 11.3. The first-order valence-corrected chi connectivity index (χ1v) is 10.7. The van der Waals surface area contributed by atoms with Gasteiger partial charge in [0.05, 0.1) is 5.02 Å². The fourth-order valence-corrected chi connectivity index (χ4v) is 4.99. The summed E-state index contributed by atoms with van der Waals surface area (Å²) in [5, 5.41) is 0.468. The summed E-state index contributed by atoms with van der Waals surface area (Å²) in [7, 11) is -3.94. The Balaban J connectivity index is 2.34. The lowest BCUT2D eigenvalue weighted by Crippen LogP contribution is -2.30. The average molecular weight is 429 g/mol.